The molecular weight excluding hydrogens is 468 g/mol. The van der Waals surface area contributed by atoms with E-state index >= 15 is 0 Å². The zero-order valence-corrected chi connectivity index (χ0v) is 18.7. The quantitative estimate of drug-likeness (QED) is 0.441. The standard InChI is InChI=1S/C23H20ClF2N5O3/c1-13-27-11-23(34-13,10-14-5-3-2-4-6-14)12-28-22(33)19-9-20(31-30-19)29-21(32)15-7-17(25)18(26)8-16(15)24/h2-9,11,13H,10,12H2,1H3,(H,28,33)(H2,29,30,31,32). The molecule has 2 unspecified atom stereocenters. The van der Waals surface area contributed by atoms with Gasteiger partial charge in [0.1, 0.15) is 17.5 Å². The van der Waals surface area contributed by atoms with Gasteiger partial charge in [0.05, 0.1) is 17.1 Å². The van der Waals surface area contributed by atoms with Gasteiger partial charge in [-0.25, -0.2) is 8.78 Å². The Morgan fingerprint density at radius 1 is 1.15 bits per heavy atom. The normalized spacial score (nSPS) is 19.2. The number of halogens is 3. The number of amides is 2. The van der Waals surface area contributed by atoms with Crippen LogP contribution in [0.15, 0.2) is 53.5 Å². The number of aromatic amines is 1. The van der Waals surface area contributed by atoms with Crippen LogP contribution in [-0.4, -0.2) is 46.6 Å². The average Bonchev–Trinajstić information content (AvgIpc) is 3.42. The van der Waals surface area contributed by atoms with Crippen LogP contribution in [0, 0.1) is 11.6 Å². The fraction of sp³-hybridized carbons (Fsp3) is 0.217. The summed E-state index contributed by atoms with van der Waals surface area (Å²) >= 11 is 5.82. The first-order chi connectivity index (χ1) is 16.2. The summed E-state index contributed by atoms with van der Waals surface area (Å²) in [4.78, 5) is 29.3. The summed E-state index contributed by atoms with van der Waals surface area (Å²) in [6.07, 6.45) is 1.88. The van der Waals surface area contributed by atoms with Crippen LogP contribution in [0.1, 0.15) is 33.3 Å². The third-order valence-electron chi connectivity index (χ3n) is 5.14. The molecular formula is C23H20ClF2N5O3. The Labute approximate surface area is 198 Å². The maximum Gasteiger partial charge on any atom is 0.269 e. The molecule has 11 heteroatoms. The van der Waals surface area contributed by atoms with Crippen molar-refractivity contribution in [2.24, 2.45) is 4.99 Å². The number of H-pyrrole nitrogens is 1. The zero-order valence-electron chi connectivity index (χ0n) is 17.9. The van der Waals surface area contributed by atoms with E-state index in [4.69, 9.17) is 16.3 Å². The molecule has 0 fully saturated rings. The summed E-state index contributed by atoms with van der Waals surface area (Å²) in [5.41, 5.74) is 0.0187. The number of nitrogens with one attached hydrogen (secondary N) is 3. The summed E-state index contributed by atoms with van der Waals surface area (Å²) in [5.74, 6) is -3.68. The number of nitrogens with zero attached hydrogens (tertiary/aromatic N) is 2. The highest BCUT2D eigenvalue weighted by Gasteiger charge is 2.36. The molecule has 4 rings (SSSR count). The molecule has 2 atom stereocenters. The van der Waals surface area contributed by atoms with E-state index in [-0.39, 0.29) is 34.9 Å². The molecule has 2 amide bonds. The predicted molar refractivity (Wildman–Crippen MR) is 122 cm³/mol. The van der Waals surface area contributed by atoms with E-state index in [1.807, 2.05) is 37.3 Å². The maximum absolute atomic E-state index is 13.5. The molecule has 8 nitrogen and oxygen atoms in total. The largest absolute Gasteiger partial charge is 0.347 e. The SMILES string of the molecule is CC1N=CC(CNC(=O)c2cc(NC(=O)c3cc(F)c(F)cc3Cl)n[nH]2)(Cc2ccccc2)O1. The number of benzene rings is 2. The highest BCUT2D eigenvalue weighted by atomic mass is 35.5. The van der Waals surface area contributed by atoms with Gasteiger partial charge in [-0.05, 0) is 24.6 Å². The summed E-state index contributed by atoms with van der Waals surface area (Å²) in [6, 6.07) is 12.4. The van der Waals surface area contributed by atoms with Crippen molar-refractivity contribution in [2.45, 2.75) is 25.2 Å². The van der Waals surface area contributed by atoms with Crippen LogP contribution in [-0.2, 0) is 11.2 Å². The lowest BCUT2D eigenvalue weighted by Crippen LogP contribution is -2.46. The second-order valence-electron chi connectivity index (χ2n) is 7.77. The van der Waals surface area contributed by atoms with Gasteiger partial charge in [0, 0.05) is 18.7 Å². The lowest BCUT2D eigenvalue weighted by molar-refractivity contribution is -0.0127. The summed E-state index contributed by atoms with van der Waals surface area (Å²) in [6.45, 7) is 1.97. The van der Waals surface area contributed by atoms with Crippen molar-refractivity contribution in [1.82, 2.24) is 15.5 Å². The van der Waals surface area contributed by atoms with Crippen molar-refractivity contribution in [2.75, 3.05) is 11.9 Å². The molecule has 1 aliphatic rings. The average molecular weight is 488 g/mol. The Kier molecular flexibility index (Phi) is 6.71. The number of rotatable bonds is 7. The first kappa shape index (κ1) is 23.5. The van der Waals surface area contributed by atoms with Crippen LogP contribution in [0.4, 0.5) is 14.6 Å². The van der Waals surface area contributed by atoms with Crippen LogP contribution in [0.2, 0.25) is 5.02 Å². The van der Waals surface area contributed by atoms with Crippen molar-refractivity contribution in [3.05, 3.63) is 82.0 Å². The third kappa shape index (κ3) is 5.29. The number of ether oxygens (including phenoxy) is 1. The summed E-state index contributed by atoms with van der Waals surface area (Å²) in [5, 5.41) is 11.3. The lowest BCUT2D eigenvalue weighted by Gasteiger charge is -2.27. The molecule has 0 radical (unpaired) electrons. The van der Waals surface area contributed by atoms with Crippen molar-refractivity contribution in [3.8, 4) is 0 Å². The molecule has 2 heterocycles. The minimum absolute atomic E-state index is 0.00208. The van der Waals surface area contributed by atoms with Gasteiger partial charge in [-0.15, -0.1) is 0 Å². The van der Waals surface area contributed by atoms with Crippen LogP contribution in [0.5, 0.6) is 0 Å². The van der Waals surface area contributed by atoms with Crippen molar-refractivity contribution in [1.29, 1.82) is 0 Å². The van der Waals surface area contributed by atoms with Crippen LogP contribution < -0.4 is 10.6 Å². The van der Waals surface area contributed by atoms with E-state index in [0.29, 0.717) is 18.6 Å². The fourth-order valence-corrected chi connectivity index (χ4v) is 3.76. The number of carbonyl (C=O) groups is 2. The van der Waals surface area contributed by atoms with Crippen LogP contribution >= 0.6 is 11.6 Å². The Balaban J connectivity index is 1.40. The van der Waals surface area contributed by atoms with Gasteiger partial charge in [-0.2, -0.15) is 5.10 Å². The first-order valence-electron chi connectivity index (χ1n) is 10.3. The van der Waals surface area contributed by atoms with E-state index < -0.39 is 29.0 Å². The molecule has 176 valence electrons. The van der Waals surface area contributed by atoms with Gasteiger partial charge in [-0.1, -0.05) is 41.9 Å². The molecule has 1 aliphatic heterocycles. The predicted octanol–water partition coefficient (Wildman–Crippen LogP) is 3.75. The van der Waals surface area contributed by atoms with Crippen molar-refractivity contribution >= 4 is 35.4 Å². The van der Waals surface area contributed by atoms with E-state index in [9.17, 15) is 18.4 Å². The van der Waals surface area contributed by atoms with E-state index in [0.717, 1.165) is 5.56 Å². The molecule has 0 spiro atoms. The maximum atomic E-state index is 13.5. The van der Waals surface area contributed by atoms with E-state index in [1.165, 1.54) is 6.07 Å². The molecule has 3 N–H and O–H groups in total. The first-order valence-corrected chi connectivity index (χ1v) is 10.7. The monoisotopic (exact) mass is 487 g/mol. The summed E-state index contributed by atoms with van der Waals surface area (Å²) in [7, 11) is 0. The minimum atomic E-state index is -1.21. The minimum Gasteiger partial charge on any atom is -0.347 e. The van der Waals surface area contributed by atoms with Crippen molar-refractivity contribution in [3.63, 3.8) is 0 Å². The number of hydrogen-bond donors (Lipinski definition) is 3. The summed E-state index contributed by atoms with van der Waals surface area (Å²) < 4.78 is 32.7. The highest BCUT2D eigenvalue weighted by molar-refractivity contribution is 6.34. The molecule has 0 aliphatic carbocycles. The Morgan fingerprint density at radius 3 is 2.59 bits per heavy atom. The molecule has 0 bridgehead atoms. The second kappa shape index (κ2) is 9.70. The molecule has 34 heavy (non-hydrogen) atoms. The topological polar surface area (TPSA) is 108 Å². The molecule has 1 aromatic heterocycles. The molecule has 3 aromatic rings. The number of anilines is 1. The van der Waals surface area contributed by atoms with Crippen LogP contribution in [0.25, 0.3) is 0 Å². The van der Waals surface area contributed by atoms with Gasteiger partial charge in [0.15, 0.2) is 17.5 Å². The number of aliphatic imine (C=N–C) groups is 1. The number of aromatic nitrogens is 2. The van der Waals surface area contributed by atoms with E-state index in [1.54, 1.807) is 6.21 Å². The fourth-order valence-electron chi connectivity index (χ4n) is 3.53. The Bertz CT molecular complexity index is 1250. The molecule has 0 saturated carbocycles. The van der Waals surface area contributed by atoms with Gasteiger partial charge in [0.2, 0.25) is 0 Å². The third-order valence-corrected chi connectivity index (χ3v) is 5.45. The zero-order chi connectivity index (χ0) is 24.3. The second-order valence-corrected chi connectivity index (χ2v) is 8.18. The number of hydrogen-bond acceptors (Lipinski definition) is 5. The van der Waals surface area contributed by atoms with Crippen molar-refractivity contribution < 1.29 is 23.1 Å². The molecule has 0 saturated heterocycles. The van der Waals surface area contributed by atoms with Gasteiger partial charge in [-0.3, -0.25) is 19.7 Å². The van der Waals surface area contributed by atoms with Gasteiger partial charge >= 0.3 is 0 Å². The Morgan fingerprint density at radius 2 is 1.88 bits per heavy atom. The van der Waals surface area contributed by atoms with Gasteiger partial charge < -0.3 is 15.4 Å². The Hall–Kier alpha value is -3.63. The lowest BCUT2D eigenvalue weighted by atomic mass is 9.95. The smallest absolute Gasteiger partial charge is 0.269 e. The van der Waals surface area contributed by atoms with Crippen LogP contribution in [0.3, 0.4) is 0 Å². The highest BCUT2D eigenvalue weighted by Crippen LogP contribution is 2.24. The van der Waals surface area contributed by atoms with Gasteiger partial charge in [0.25, 0.3) is 11.8 Å². The van der Waals surface area contributed by atoms with E-state index in [2.05, 4.69) is 25.8 Å². The molecule has 2 aromatic carbocycles. The number of carbonyl (C=O) groups excluding carboxylic acids is 2.